The molecule has 1 aromatic heterocycles. The quantitative estimate of drug-likeness (QED) is 0.869. The molecule has 0 N–H and O–H groups in total. The lowest BCUT2D eigenvalue weighted by Gasteiger charge is -2.16. The molecule has 1 saturated heterocycles. The maximum absolute atomic E-state index is 12.4. The largest absolute Gasteiger partial charge is 0.490 e. The zero-order chi connectivity index (χ0) is 15.1. The lowest BCUT2D eigenvalue weighted by Crippen LogP contribution is -2.27. The minimum absolute atomic E-state index is 0.0346. The van der Waals surface area contributed by atoms with Crippen LogP contribution in [-0.4, -0.2) is 30.2 Å². The molecule has 1 saturated carbocycles. The second-order valence-corrected chi connectivity index (χ2v) is 5.94. The summed E-state index contributed by atoms with van der Waals surface area (Å²) >= 11 is 0. The number of hydrogen-bond donors (Lipinski definition) is 0. The Morgan fingerprint density at radius 1 is 1.23 bits per heavy atom. The standard InChI is InChI=1S/C17H19NO4/c1-11-8-16(19)18(10-17-20-6-7-21-17)15-9-13(4-5-14(11)15)22-12-2-3-12/h4-5,8-9,12,17H,2-3,6-7,10H2,1H3. The summed E-state index contributed by atoms with van der Waals surface area (Å²) < 4.78 is 18.5. The van der Waals surface area contributed by atoms with Gasteiger partial charge in [-0.25, -0.2) is 0 Å². The van der Waals surface area contributed by atoms with Gasteiger partial charge in [0.05, 0.1) is 31.4 Å². The fourth-order valence-electron chi connectivity index (χ4n) is 2.83. The zero-order valence-corrected chi connectivity index (χ0v) is 12.6. The highest BCUT2D eigenvalue weighted by atomic mass is 16.7. The van der Waals surface area contributed by atoms with Gasteiger partial charge in [-0.1, -0.05) is 0 Å². The zero-order valence-electron chi connectivity index (χ0n) is 12.6. The van der Waals surface area contributed by atoms with Gasteiger partial charge >= 0.3 is 0 Å². The Morgan fingerprint density at radius 2 is 2.00 bits per heavy atom. The first kappa shape index (κ1) is 13.8. The number of ether oxygens (including phenoxy) is 3. The van der Waals surface area contributed by atoms with Gasteiger partial charge in [-0.3, -0.25) is 4.79 Å². The fourth-order valence-corrected chi connectivity index (χ4v) is 2.83. The molecular formula is C17H19NO4. The number of nitrogens with zero attached hydrogens (tertiary/aromatic N) is 1. The van der Waals surface area contributed by atoms with Crippen molar-refractivity contribution in [3.63, 3.8) is 0 Å². The van der Waals surface area contributed by atoms with Crippen molar-refractivity contribution in [3.8, 4) is 5.75 Å². The summed E-state index contributed by atoms with van der Waals surface area (Å²) in [5, 5.41) is 1.06. The minimum Gasteiger partial charge on any atom is -0.490 e. The van der Waals surface area contributed by atoms with E-state index in [-0.39, 0.29) is 11.8 Å². The van der Waals surface area contributed by atoms with Gasteiger partial charge in [0.25, 0.3) is 5.56 Å². The van der Waals surface area contributed by atoms with Crippen LogP contribution in [0.3, 0.4) is 0 Å². The Morgan fingerprint density at radius 3 is 2.73 bits per heavy atom. The molecule has 0 radical (unpaired) electrons. The number of pyridine rings is 1. The molecule has 116 valence electrons. The number of aromatic nitrogens is 1. The van der Waals surface area contributed by atoms with Crippen molar-refractivity contribution in [3.05, 3.63) is 40.2 Å². The number of fused-ring (bicyclic) bond motifs is 1. The molecule has 5 nitrogen and oxygen atoms in total. The highest BCUT2D eigenvalue weighted by Crippen LogP contribution is 2.29. The van der Waals surface area contributed by atoms with Crippen molar-refractivity contribution in [1.29, 1.82) is 0 Å². The van der Waals surface area contributed by atoms with Crippen molar-refractivity contribution in [2.75, 3.05) is 13.2 Å². The minimum atomic E-state index is -0.350. The molecule has 1 aliphatic heterocycles. The van der Waals surface area contributed by atoms with Gasteiger partial charge in [0.2, 0.25) is 0 Å². The maximum atomic E-state index is 12.4. The molecule has 0 atom stereocenters. The van der Waals surface area contributed by atoms with Crippen LogP contribution < -0.4 is 10.3 Å². The third-order valence-corrected chi connectivity index (χ3v) is 4.14. The molecule has 0 bridgehead atoms. The Labute approximate surface area is 128 Å². The van der Waals surface area contributed by atoms with Crippen LogP contribution >= 0.6 is 0 Å². The molecular weight excluding hydrogens is 282 g/mol. The van der Waals surface area contributed by atoms with Crippen LogP contribution in [0.1, 0.15) is 18.4 Å². The van der Waals surface area contributed by atoms with E-state index in [2.05, 4.69) is 0 Å². The topological polar surface area (TPSA) is 49.7 Å². The van der Waals surface area contributed by atoms with Crippen LogP contribution in [0.4, 0.5) is 0 Å². The van der Waals surface area contributed by atoms with E-state index < -0.39 is 0 Å². The van der Waals surface area contributed by atoms with Crippen molar-refractivity contribution >= 4 is 10.9 Å². The summed E-state index contributed by atoms with van der Waals surface area (Å²) in [7, 11) is 0. The Balaban J connectivity index is 1.78. The molecule has 1 aromatic carbocycles. The van der Waals surface area contributed by atoms with E-state index in [4.69, 9.17) is 14.2 Å². The van der Waals surface area contributed by atoms with Gasteiger partial charge in [-0.2, -0.15) is 0 Å². The highest BCUT2D eigenvalue weighted by molar-refractivity contribution is 5.83. The molecule has 2 fully saturated rings. The van der Waals surface area contributed by atoms with E-state index in [9.17, 15) is 4.79 Å². The van der Waals surface area contributed by atoms with Crippen molar-refractivity contribution in [2.24, 2.45) is 0 Å². The van der Waals surface area contributed by atoms with Gasteiger partial charge in [0, 0.05) is 17.5 Å². The molecule has 2 aliphatic rings. The summed E-state index contributed by atoms with van der Waals surface area (Å²) in [6.07, 6.45) is 2.21. The molecule has 0 spiro atoms. The average molecular weight is 301 g/mol. The van der Waals surface area contributed by atoms with Gasteiger partial charge in [-0.15, -0.1) is 0 Å². The average Bonchev–Trinajstić information content (AvgIpc) is 3.16. The number of hydrogen-bond acceptors (Lipinski definition) is 4. The third-order valence-electron chi connectivity index (χ3n) is 4.14. The second kappa shape index (κ2) is 5.41. The summed E-state index contributed by atoms with van der Waals surface area (Å²) in [6, 6.07) is 7.62. The van der Waals surface area contributed by atoms with Gasteiger partial charge in [-0.05, 0) is 37.5 Å². The normalized spacial score (nSPS) is 19.0. The lowest BCUT2D eigenvalue weighted by molar-refractivity contribution is -0.0522. The molecule has 2 aromatic rings. The summed E-state index contributed by atoms with van der Waals surface area (Å²) in [4.78, 5) is 12.4. The molecule has 1 aliphatic carbocycles. The number of benzene rings is 1. The van der Waals surface area contributed by atoms with E-state index in [0.29, 0.717) is 25.9 Å². The van der Waals surface area contributed by atoms with Crippen molar-refractivity contribution in [1.82, 2.24) is 4.57 Å². The lowest BCUT2D eigenvalue weighted by atomic mass is 10.1. The third kappa shape index (κ3) is 2.62. The van der Waals surface area contributed by atoms with Crippen LogP contribution in [0.15, 0.2) is 29.1 Å². The first-order chi connectivity index (χ1) is 10.7. The SMILES string of the molecule is Cc1cc(=O)n(CC2OCCO2)c2cc(OC3CC3)ccc12. The maximum Gasteiger partial charge on any atom is 0.251 e. The van der Waals surface area contributed by atoms with Gasteiger partial charge < -0.3 is 18.8 Å². The van der Waals surface area contributed by atoms with Crippen LogP contribution in [0.5, 0.6) is 5.75 Å². The molecule has 5 heteroatoms. The van der Waals surface area contributed by atoms with Crippen LogP contribution in [0.2, 0.25) is 0 Å². The van der Waals surface area contributed by atoms with Crippen LogP contribution in [0, 0.1) is 6.92 Å². The first-order valence-corrected chi connectivity index (χ1v) is 7.75. The molecule has 4 rings (SSSR count). The monoisotopic (exact) mass is 301 g/mol. The Hall–Kier alpha value is -1.85. The molecule has 0 amide bonds. The van der Waals surface area contributed by atoms with E-state index in [1.54, 1.807) is 10.6 Å². The predicted octanol–water partition coefficient (Wildman–Crippen LogP) is 2.22. The molecule has 0 unspecified atom stereocenters. The molecule has 2 heterocycles. The van der Waals surface area contributed by atoms with Crippen LogP contribution in [-0.2, 0) is 16.0 Å². The molecule has 22 heavy (non-hydrogen) atoms. The summed E-state index contributed by atoms with van der Waals surface area (Å²) in [5.41, 5.74) is 1.82. The van der Waals surface area contributed by atoms with Gasteiger partial charge in [0.15, 0.2) is 6.29 Å². The number of aryl methyl sites for hydroxylation is 1. The summed E-state index contributed by atoms with van der Waals surface area (Å²) in [6.45, 7) is 3.53. The highest BCUT2D eigenvalue weighted by Gasteiger charge is 2.24. The van der Waals surface area contributed by atoms with Crippen LogP contribution in [0.25, 0.3) is 10.9 Å². The van der Waals surface area contributed by atoms with Gasteiger partial charge in [0.1, 0.15) is 5.75 Å². The Kier molecular flexibility index (Phi) is 3.39. The van der Waals surface area contributed by atoms with E-state index in [1.807, 2.05) is 25.1 Å². The van der Waals surface area contributed by atoms with E-state index >= 15 is 0 Å². The first-order valence-electron chi connectivity index (χ1n) is 7.75. The number of rotatable bonds is 4. The van der Waals surface area contributed by atoms with E-state index in [0.717, 1.165) is 35.1 Å². The Bertz CT molecular complexity index is 757. The second-order valence-electron chi connectivity index (χ2n) is 5.94. The van der Waals surface area contributed by atoms with E-state index in [1.165, 1.54) is 0 Å². The van der Waals surface area contributed by atoms with Crippen molar-refractivity contribution in [2.45, 2.75) is 38.7 Å². The smallest absolute Gasteiger partial charge is 0.251 e. The fraction of sp³-hybridized carbons (Fsp3) is 0.471. The predicted molar refractivity (Wildman–Crippen MR) is 82.3 cm³/mol. The van der Waals surface area contributed by atoms with Crippen molar-refractivity contribution < 1.29 is 14.2 Å². The summed E-state index contributed by atoms with van der Waals surface area (Å²) in [5.74, 6) is 0.821.